The molecule has 0 spiro atoms. The third-order valence-electron chi connectivity index (χ3n) is 1.69. The Balaban J connectivity index is 3.42. The molecule has 0 aromatic carbocycles. The van der Waals surface area contributed by atoms with Gasteiger partial charge in [0.05, 0.1) is 23.3 Å². The molecule has 14 heavy (non-hydrogen) atoms. The van der Waals surface area contributed by atoms with Crippen LogP contribution in [0.3, 0.4) is 0 Å². The zero-order valence-corrected chi connectivity index (χ0v) is 7.72. The molecule has 1 heterocycles. The van der Waals surface area contributed by atoms with Crippen LogP contribution in [-0.2, 0) is 5.88 Å². The van der Waals surface area contributed by atoms with E-state index in [4.69, 9.17) is 22.6 Å². The van der Waals surface area contributed by atoms with E-state index in [1.807, 2.05) is 0 Å². The summed E-state index contributed by atoms with van der Waals surface area (Å²) in [5.74, 6) is -0.208. The van der Waals surface area contributed by atoms with Gasteiger partial charge >= 0.3 is 0 Å². The van der Waals surface area contributed by atoms with Gasteiger partial charge in [-0.15, -0.1) is 11.6 Å². The van der Waals surface area contributed by atoms with Crippen LogP contribution in [0.1, 0.15) is 23.2 Å². The van der Waals surface area contributed by atoms with Crippen molar-refractivity contribution >= 4 is 17.3 Å². The lowest BCUT2D eigenvalue weighted by Crippen LogP contribution is -2.03. The summed E-state index contributed by atoms with van der Waals surface area (Å²) in [7, 11) is 0. The Bertz CT molecular complexity index is 387. The van der Waals surface area contributed by atoms with Crippen LogP contribution in [0.15, 0.2) is 6.20 Å². The Morgan fingerprint density at radius 3 is 2.71 bits per heavy atom. The molecule has 0 amide bonds. The summed E-state index contributed by atoms with van der Waals surface area (Å²) < 4.78 is 24.8. The molecule has 74 valence electrons. The Labute approximate surface area is 84.1 Å². The second kappa shape index (κ2) is 4.20. The minimum Gasteiger partial charge on any atom is -0.396 e. The molecule has 0 bridgehead atoms. The van der Waals surface area contributed by atoms with Gasteiger partial charge in [0.1, 0.15) is 11.8 Å². The number of halogens is 3. The zero-order valence-electron chi connectivity index (χ0n) is 6.97. The maximum Gasteiger partial charge on any atom is 0.280 e. The number of anilines is 1. The quantitative estimate of drug-likeness (QED) is 0.773. The topological polar surface area (TPSA) is 62.7 Å². The van der Waals surface area contributed by atoms with Crippen molar-refractivity contribution in [3.8, 4) is 6.07 Å². The molecular formula is C8H6ClF2N3. The summed E-state index contributed by atoms with van der Waals surface area (Å²) in [6, 6.07) is 1.73. The summed E-state index contributed by atoms with van der Waals surface area (Å²) in [6.07, 6.45) is -1.72. The van der Waals surface area contributed by atoms with Crippen LogP contribution < -0.4 is 5.73 Å². The van der Waals surface area contributed by atoms with Gasteiger partial charge < -0.3 is 5.73 Å². The van der Waals surface area contributed by atoms with E-state index < -0.39 is 12.1 Å². The van der Waals surface area contributed by atoms with Crippen molar-refractivity contribution in [2.75, 3.05) is 5.73 Å². The highest BCUT2D eigenvalue weighted by Crippen LogP contribution is 2.27. The zero-order chi connectivity index (χ0) is 10.7. The summed E-state index contributed by atoms with van der Waals surface area (Å²) in [5, 5.41) is 8.68. The number of aromatic nitrogens is 1. The predicted molar refractivity (Wildman–Crippen MR) is 47.9 cm³/mol. The molecule has 0 aliphatic heterocycles. The summed E-state index contributed by atoms with van der Waals surface area (Å²) in [5.41, 5.74) is 4.95. The van der Waals surface area contributed by atoms with Gasteiger partial charge in [-0.3, -0.25) is 4.98 Å². The molecule has 0 fully saturated rings. The van der Waals surface area contributed by atoms with Crippen molar-refractivity contribution in [1.82, 2.24) is 4.98 Å². The molecule has 2 N–H and O–H groups in total. The molecule has 0 atom stereocenters. The van der Waals surface area contributed by atoms with Crippen LogP contribution in [0.4, 0.5) is 14.5 Å². The molecule has 1 rings (SSSR count). The second-order valence-electron chi connectivity index (χ2n) is 2.50. The number of alkyl halides is 3. The van der Waals surface area contributed by atoms with E-state index in [-0.39, 0.29) is 22.7 Å². The average Bonchev–Trinajstić information content (AvgIpc) is 2.16. The van der Waals surface area contributed by atoms with Crippen LogP contribution in [0.2, 0.25) is 0 Å². The molecule has 0 unspecified atom stereocenters. The number of nitriles is 1. The lowest BCUT2D eigenvalue weighted by atomic mass is 10.1. The fourth-order valence-electron chi connectivity index (χ4n) is 1.04. The molecule has 0 saturated carbocycles. The Morgan fingerprint density at radius 2 is 2.29 bits per heavy atom. The first-order valence-electron chi connectivity index (χ1n) is 3.63. The highest BCUT2D eigenvalue weighted by molar-refractivity contribution is 6.17. The largest absolute Gasteiger partial charge is 0.396 e. The van der Waals surface area contributed by atoms with E-state index >= 15 is 0 Å². The molecule has 6 heteroatoms. The average molecular weight is 218 g/mol. The molecule has 0 aliphatic rings. The van der Waals surface area contributed by atoms with Gasteiger partial charge in [-0.25, -0.2) is 8.78 Å². The van der Waals surface area contributed by atoms with Crippen molar-refractivity contribution in [2.24, 2.45) is 0 Å². The van der Waals surface area contributed by atoms with Crippen molar-refractivity contribution in [1.29, 1.82) is 5.26 Å². The third kappa shape index (κ3) is 1.75. The molecule has 0 aliphatic carbocycles. The lowest BCUT2D eigenvalue weighted by Gasteiger charge is -2.08. The maximum absolute atomic E-state index is 12.4. The van der Waals surface area contributed by atoms with Crippen molar-refractivity contribution in [2.45, 2.75) is 12.3 Å². The van der Waals surface area contributed by atoms with E-state index in [2.05, 4.69) is 4.98 Å². The van der Waals surface area contributed by atoms with Gasteiger partial charge in [-0.1, -0.05) is 0 Å². The Morgan fingerprint density at radius 1 is 1.64 bits per heavy atom. The maximum atomic E-state index is 12.4. The standard InChI is InChI=1S/C8H6ClF2N3/c9-1-4-5(2-12)6(13)3-14-7(4)8(10)11/h3,8H,1,13H2. The van der Waals surface area contributed by atoms with E-state index in [0.717, 1.165) is 6.20 Å². The van der Waals surface area contributed by atoms with Crippen molar-refractivity contribution in [3.63, 3.8) is 0 Å². The molecule has 0 saturated heterocycles. The summed E-state index contributed by atoms with van der Waals surface area (Å²) in [4.78, 5) is 3.45. The van der Waals surface area contributed by atoms with Crippen LogP contribution in [0, 0.1) is 11.3 Å². The van der Waals surface area contributed by atoms with Gasteiger partial charge in [0, 0.05) is 5.56 Å². The lowest BCUT2D eigenvalue weighted by molar-refractivity contribution is 0.145. The molecule has 1 aromatic heterocycles. The van der Waals surface area contributed by atoms with Crippen LogP contribution >= 0.6 is 11.6 Å². The van der Waals surface area contributed by atoms with Crippen LogP contribution in [0.25, 0.3) is 0 Å². The fourth-order valence-corrected chi connectivity index (χ4v) is 1.31. The number of hydrogen-bond acceptors (Lipinski definition) is 3. The first-order valence-corrected chi connectivity index (χ1v) is 4.16. The number of hydrogen-bond donors (Lipinski definition) is 1. The molecular weight excluding hydrogens is 212 g/mol. The number of nitrogen functional groups attached to an aromatic ring is 1. The minimum absolute atomic E-state index is 0.00386. The summed E-state index contributed by atoms with van der Waals surface area (Å²) in [6.45, 7) is 0. The predicted octanol–water partition coefficient (Wildman–Crippen LogP) is 2.21. The van der Waals surface area contributed by atoms with E-state index in [1.54, 1.807) is 6.07 Å². The molecule has 1 aromatic rings. The Kier molecular flexibility index (Phi) is 3.20. The summed E-state index contributed by atoms with van der Waals surface area (Å²) >= 11 is 5.45. The number of nitrogens with zero attached hydrogens (tertiary/aromatic N) is 2. The van der Waals surface area contributed by atoms with Crippen LogP contribution in [0.5, 0.6) is 0 Å². The van der Waals surface area contributed by atoms with Gasteiger partial charge in [0.25, 0.3) is 6.43 Å². The van der Waals surface area contributed by atoms with Gasteiger partial charge in [-0.2, -0.15) is 5.26 Å². The third-order valence-corrected chi connectivity index (χ3v) is 1.96. The van der Waals surface area contributed by atoms with Gasteiger partial charge in [0.15, 0.2) is 0 Å². The fraction of sp³-hybridized carbons (Fsp3) is 0.250. The monoisotopic (exact) mass is 217 g/mol. The van der Waals surface area contributed by atoms with Crippen molar-refractivity contribution in [3.05, 3.63) is 23.0 Å². The molecule has 3 nitrogen and oxygen atoms in total. The van der Waals surface area contributed by atoms with E-state index in [1.165, 1.54) is 0 Å². The highest BCUT2D eigenvalue weighted by atomic mass is 35.5. The van der Waals surface area contributed by atoms with E-state index in [0.29, 0.717) is 0 Å². The Hall–Kier alpha value is -1.41. The van der Waals surface area contributed by atoms with Gasteiger partial charge in [-0.05, 0) is 0 Å². The number of nitrogens with two attached hydrogens (primary N) is 1. The normalized spacial score (nSPS) is 10.2. The van der Waals surface area contributed by atoms with Crippen LogP contribution in [-0.4, -0.2) is 4.98 Å². The number of rotatable bonds is 2. The van der Waals surface area contributed by atoms with Crippen molar-refractivity contribution < 1.29 is 8.78 Å². The molecule has 0 radical (unpaired) electrons. The minimum atomic E-state index is -2.75. The SMILES string of the molecule is N#Cc1c(N)cnc(C(F)F)c1CCl. The van der Waals surface area contributed by atoms with Gasteiger partial charge in [0.2, 0.25) is 0 Å². The highest BCUT2D eigenvalue weighted by Gasteiger charge is 2.19. The first kappa shape index (κ1) is 10.7. The first-order chi connectivity index (χ1) is 6.61. The number of pyridine rings is 1. The van der Waals surface area contributed by atoms with E-state index in [9.17, 15) is 8.78 Å². The second-order valence-corrected chi connectivity index (χ2v) is 2.77. The smallest absolute Gasteiger partial charge is 0.280 e.